The first-order valence-electron chi connectivity index (χ1n) is 6.77. The number of nitrogens with one attached hydrogen (secondary N) is 1. The van der Waals surface area contributed by atoms with Crippen molar-refractivity contribution in [3.05, 3.63) is 0 Å². The van der Waals surface area contributed by atoms with Crippen LogP contribution in [0, 0.1) is 5.92 Å². The zero-order valence-corrected chi connectivity index (χ0v) is 11.5. The Morgan fingerprint density at radius 2 is 1.88 bits per heavy atom. The Hall–Kier alpha value is -0.610. The molecule has 0 unspecified atom stereocenters. The van der Waals surface area contributed by atoms with E-state index in [2.05, 4.69) is 31.1 Å². The average Bonchev–Trinajstić information content (AvgIpc) is 2.37. The summed E-state index contributed by atoms with van der Waals surface area (Å²) < 4.78 is 0. The summed E-state index contributed by atoms with van der Waals surface area (Å²) in [6.45, 7) is 6.74. The van der Waals surface area contributed by atoms with Gasteiger partial charge in [0.2, 0.25) is 5.91 Å². The summed E-state index contributed by atoms with van der Waals surface area (Å²) in [4.78, 5) is 14.5. The average molecular weight is 241 g/mol. The molecule has 0 saturated carbocycles. The fourth-order valence-corrected chi connectivity index (χ4v) is 2.40. The molecule has 0 aromatic rings. The smallest absolute Gasteiger partial charge is 0.223 e. The lowest BCUT2D eigenvalue weighted by Gasteiger charge is -2.35. The van der Waals surface area contributed by atoms with Crippen molar-refractivity contribution in [2.75, 3.05) is 26.7 Å². The van der Waals surface area contributed by atoms with E-state index < -0.39 is 0 Å². The molecule has 1 saturated heterocycles. The van der Waals surface area contributed by atoms with Crippen LogP contribution in [0.5, 0.6) is 0 Å². The minimum absolute atomic E-state index is 0.176. The maximum Gasteiger partial charge on any atom is 0.223 e. The molecule has 0 atom stereocenters. The van der Waals surface area contributed by atoms with E-state index in [1.54, 1.807) is 0 Å². The van der Waals surface area contributed by atoms with Crippen molar-refractivity contribution < 1.29 is 4.79 Å². The van der Waals surface area contributed by atoms with Crippen molar-refractivity contribution in [3.63, 3.8) is 0 Å². The lowest BCUT2D eigenvalue weighted by Crippen LogP contribution is -2.55. The van der Waals surface area contributed by atoms with Crippen molar-refractivity contribution in [1.82, 2.24) is 10.2 Å². The largest absolute Gasteiger partial charge is 0.349 e. The van der Waals surface area contributed by atoms with Crippen LogP contribution >= 0.6 is 0 Å². The number of carbonyl (C=O) groups excluding carboxylic acids is 1. The van der Waals surface area contributed by atoms with Gasteiger partial charge >= 0.3 is 0 Å². The molecule has 1 amide bonds. The quantitative estimate of drug-likeness (QED) is 0.754. The third-order valence-corrected chi connectivity index (χ3v) is 4.22. The van der Waals surface area contributed by atoms with Crippen molar-refractivity contribution in [1.29, 1.82) is 0 Å². The number of likely N-dealkylation sites (tertiary alicyclic amines) is 1. The molecule has 0 radical (unpaired) electrons. The number of nitrogens with zero attached hydrogens (tertiary/aromatic N) is 1. The molecule has 1 fully saturated rings. The van der Waals surface area contributed by atoms with E-state index >= 15 is 0 Å². The van der Waals surface area contributed by atoms with Crippen LogP contribution in [0.4, 0.5) is 0 Å². The molecule has 4 nitrogen and oxygen atoms in total. The third-order valence-electron chi connectivity index (χ3n) is 4.22. The van der Waals surface area contributed by atoms with Gasteiger partial charge in [0.05, 0.1) is 5.54 Å². The zero-order valence-electron chi connectivity index (χ0n) is 11.5. The van der Waals surface area contributed by atoms with Crippen LogP contribution in [0.1, 0.15) is 39.5 Å². The first kappa shape index (κ1) is 14.5. The SMILES string of the molecule is CCC(CC)(CN)NC(=O)C1CCN(C)CC1. The molecule has 17 heavy (non-hydrogen) atoms. The Morgan fingerprint density at radius 1 is 1.35 bits per heavy atom. The van der Waals surface area contributed by atoms with Gasteiger partial charge in [-0.05, 0) is 45.8 Å². The van der Waals surface area contributed by atoms with E-state index in [-0.39, 0.29) is 17.4 Å². The Balaban J connectivity index is 2.53. The van der Waals surface area contributed by atoms with E-state index in [0.717, 1.165) is 38.8 Å². The van der Waals surface area contributed by atoms with E-state index in [0.29, 0.717) is 6.54 Å². The standard InChI is InChI=1S/C13H27N3O/c1-4-13(5-2,10-14)15-12(17)11-6-8-16(3)9-7-11/h11H,4-10,14H2,1-3H3,(H,15,17). The Labute approximate surface area is 105 Å². The lowest BCUT2D eigenvalue weighted by molar-refractivity contribution is -0.128. The normalized spacial score (nSPS) is 19.3. The van der Waals surface area contributed by atoms with Crippen molar-refractivity contribution in [2.45, 2.75) is 45.1 Å². The molecule has 100 valence electrons. The van der Waals surface area contributed by atoms with Crippen LogP contribution < -0.4 is 11.1 Å². The molecule has 0 bridgehead atoms. The zero-order chi connectivity index (χ0) is 12.9. The van der Waals surface area contributed by atoms with Crippen LogP contribution in [0.2, 0.25) is 0 Å². The Kier molecular flexibility index (Phi) is 5.40. The first-order chi connectivity index (χ1) is 8.06. The van der Waals surface area contributed by atoms with E-state index in [1.165, 1.54) is 0 Å². The molecule has 1 rings (SSSR count). The van der Waals surface area contributed by atoms with Gasteiger partial charge in [-0.1, -0.05) is 13.8 Å². The van der Waals surface area contributed by atoms with Crippen LogP contribution in [0.25, 0.3) is 0 Å². The molecule has 0 aromatic heterocycles. The van der Waals surface area contributed by atoms with Crippen LogP contribution in [0.15, 0.2) is 0 Å². The second kappa shape index (κ2) is 6.36. The van der Waals surface area contributed by atoms with Gasteiger partial charge in [0.15, 0.2) is 0 Å². The molecular weight excluding hydrogens is 214 g/mol. The third kappa shape index (κ3) is 3.68. The highest BCUT2D eigenvalue weighted by molar-refractivity contribution is 5.79. The van der Waals surface area contributed by atoms with Crippen molar-refractivity contribution in [2.24, 2.45) is 11.7 Å². The maximum atomic E-state index is 12.2. The lowest BCUT2D eigenvalue weighted by atomic mass is 9.90. The summed E-state index contributed by atoms with van der Waals surface area (Å²) in [7, 11) is 2.11. The van der Waals surface area contributed by atoms with Crippen LogP contribution in [0.3, 0.4) is 0 Å². The highest BCUT2D eigenvalue weighted by Crippen LogP contribution is 2.19. The van der Waals surface area contributed by atoms with Gasteiger partial charge in [-0.3, -0.25) is 4.79 Å². The molecule has 0 aliphatic carbocycles. The van der Waals surface area contributed by atoms with Gasteiger partial charge in [-0.2, -0.15) is 0 Å². The van der Waals surface area contributed by atoms with Gasteiger partial charge in [0.1, 0.15) is 0 Å². The predicted octanol–water partition coefficient (Wildman–Crippen LogP) is 0.962. The molecular formula is C13H27N3O. The van der Waals surface area contributed by atoms with Gasteiger partial charge in [0.25, 0.3) is 0 Å². The minimum Gasteiger partial charge on any atom is -0.349 e. The minimum atomic E-state index is -0.194. The number of amides is 1. The Bertz CT molecular complexity index is 235. The fraction of sp³-hybridized carbons (Fsp3) is 0.923. The Morgan fingerprint density at radius 3 is 2.29 bits per heavy atom. The van der Waals surface area contributed by atoms with Gasteiger partial charge < -0.3 is 16.0 Å². The molecule has 1 aliphatic heterocycles. The number of nitrogens with two attached hydrogens (primary N) is 1. The molecule has 3 N–H and O–H groups in total. The summed E-state index contributed by atoms with van der Waals surface area (Å²) in [5.41, 5.74) is 5.61. The monoisotopic (exact) mass is 241 g/mol. The predicted molar refractivity (Wildman–Crippen MR) is 70.7 cm³/mol. The number of piperidine rings is 1. The topological polar surface area (TPSA) is 58.4 Å². The number of hydrogen-bond acceptors (Lipinski definition) is 3. The molecule has 1 aliphatic rings. The highest BCUT2D eigenvalue weighted by atomic mass is 16.2. The maximum absolute atomic E-state index is 12.2. The molecule has 0 aromatic carbocycles. The molecule has 1 heterocycles. The fourth-order valence-electron chi connectivity index (χ4n) is 2.40. The van der Waals surface area contributed by atoms with Gasteiger partial charge in [-0.25, -0.2) is 0 Å². The van der Waals surface area contributed by atoms with E-state index in [9.17, 15) is 4.79 Å². The summed E-state index contributed by atoms with van der Waals surface area (Å²) >= 11 is 0. The van der Waals surface area contributed by atoms with E-state index in [1.807, 2.05) is 0 Å². The second-order valence-electron chi connectivity index (χ2n) is 5.26. The summed E-state index contributed by atoms with van der Waals surface area (Å²) in [6.07, 6.45) is 3.74. The summed E-state index contributed by atoms with van der Waals surface area (Å²) in [5.74, 6) is 0.377. The summed E-state index contributed by atoms with van der Waals surface area (Å²) in [6, 6.07) is 0. The van der Waals surface area contributed by atoms with Crippen molar-refractivity contribution >= 4 is 5.91 Å². The van der Waals surface area contributed by atoms with Gasteiger partial charge in [0, 0.05) is 12.5 Å². The highest BCUT2D eigenvalue weighted by Gasteiger charge is 2.30. The van der Waals surface area contributed by atoms with Crippen molar-refractivity contribution in [3.8, 4) is 0 Å². The van der Waals surface area contributed by atoms with Crippen LogP contribution in [-0.4, -0.2) is 43.0 Å². The molecule has 4 heteroatoms. The first-order valence-corrected chi connectivity index (χ1v) is 6.77. The number of hydrogen-bond donors (Lipinski definition) is 2. The number of carbonyl (C=O) groups is 1. The van der Waals surface area contributed by atoms with E-state index in [4.69, 9.17) is 5.73 Å². The number of rotatable bonds is 5. The van der Waals surface area contributed by atoms with Gasteiger partial charge in [-0.15, -0.1) is 0 Å². The summed E-state index contributed by atoms with van der Waals surface area (Å²) in [5, 5.41) is 3.18. The molecule has 0 spiro atoms. The van der Waals surface area contributed by atoms with Crippen LogP contribution in [-0.2, 0) is 4.79 Å². The second-order valence-corrected chi connectivity index (χ2v) is 5.26.